The van der Waals surface area contributed by atoms with Crippen LogP contribution in [-0.4, -0.2) is 11.0 Å². The Morgan fingerprint density at radius 3 is 2.48 bits per heavy atom. The first kappa shape index (κ1) is 16.1. The Balaban J connectivity index is 1.79. The predicted octanol–water partition coefficient (Wildman–Crippen LogP) is 4.00. The van der Waals surface area contributed by atoms with Crippen molar-refractivity contribution in [2.75, 3.05) is 10.6 Å². The minimum absolute atomic E-state index is 0.0546. The maximum Gasteiger partial charge on any atom is 0.267 e. The lowest BCUT2D eigenvalue weighted by Crippen LogP contribution is -2.14. The van der Waals surface area contributed by atoms with Gasteiger partial charge in [-0.25, -0.2) is 0 Å². The monoisotopic (exact) mass is 329 g/mol. The fourth-order valence-electron chi connectivity index (χ4n) is 2.39. The molecule has 3 aromatic rings. The molecule has 3 N–H and O–H groups in total. The van der Waals surface area contributed by atoms with E-state index in [1.54, 1.807) is 12.1 Å². The van der Waals surface area contributed by atoms with Crippen molar-refractivity contribution in [3.05, 3.63) is 78.5 Å². The number of carbonyl (C=O) groups excluding carboxylic acids is 1. The maximum absolute atomic E-state index is 12.2. The molecular formula is C20H15N3O2. The molecule has 0 saturated heterocycles. The van der Waals surface area contributed by atoms with Crippen molar-refractivity contribution in [1.29, 1.82) is 5.26 Å². The minimum atomic E-state index is -0.527. The first-order chi connectivity index (χ1) is 12.2. The highest BCUT2D eigenvalue weighted by Gasteiger charge is 2.09. The first-order valence-electron chi connectivity index (χ1n) is 7.62. The molecule has 0 unspecified atom stereocenters. The van der Waals surface area contributed by atoms with Gasteiger partial charge in [0.2, 0.25) is 0 Å². The molecule has 3 aromatic carbocycles. The fraction of sp³-hybridized carbons (Fsp3) is 0. The van der Waals surface area contributed by atoms with Crippen molar-refractivity contribution in [3.63, 3.8) is 0 Å². The number of hydrogen-bond donors (Lipinski definition) is 3. The molecule has 0 spiro atoms. The molecule has 0 heterocycles. The van der Waals surface area contributed by atoms with Crippen molar-refractivity contribution < 1.29 is 9.90 Å². The topological polar surface area (TPSA) is 85.2 Å². The van der Waals surface area contributed by atoms with Crippen molar-refractivity contribution in [3.8, 4) is 11.8 Å². The van der Waals surface area contributed by atoms with Crippen LogP contribution in [0.4, 0.5) is 11.4 Å². The lowest BCUT2D eigenvalue weighted by atomic mass is 10.1. The van der Waals surface area contributed by atoms with Crippen LogP contribution in [0.5, 0.6) is 5.75 Å². The summed E-state index contributed by atoms with van der Waals surface area (Å²) in [6, 6.07) is 21.5. The first-order valence-corrected chi connectivity index (χ1v) is 7.62. The van der Waals surface area contributed by atoms with Gasteiger partial charge in [-0.05, 0) is 35.7 Å². The molecule has 0 atom stereocenters. The number of amides is 1. The standard InChI is InChI=1S/C20H15N3O2/c21-12-15(20(25)23-16-8-10-17(24)11-9-16)13-22-19-7-3-5-14-4-1-2-6-18(14)19/h1-11,13,22,24H,(H,23,25)/b15-13-. The van der Waals surface area contributed by atoms with Gasteiger partial charge in [0.25, 0.3) is 5.91 Å². The molecule has 0 bridgehead atoms. The molecular weight excluding hydrogens is 314 g/mol. The van der Waals surface area contributed by atoms with Gasteiger partial charge >= 0.3 is 0 Å². The van der Waals surface area contributed by atoms with Crippen LogP contribution in [0.25, 0.3) is 10.8 Å². The second-order valence-electron chi connectivity index (χ2n) is 5.34. The lowest BCUT2D eigenvalue weighted by molar-refractivity contribution is -0.112. The number of phenolic OH excluding ortho intramolecular Hbond substituents is 1. The van der Waals surface area contributed by atoms with Crippen LogP contribution in [0.1, 0.15) is 0 Å². The van der Waals surface area contributed by atoms with E-state index in [4.69, 9.17) is 0 Å². The van der Waals surface area contributed by atoms with Gasteiger partial charge in [-0.15, -0.1) is 0 Å². The van der Waals surface area contributed by atoms with Gasteiger partial charge < -0.3 is 15.7 Å². The highest BCUT2D eigenvalue weighted by Crippen LogP contribution is 2.23. The molecule has 0 aliphatic heterocycles. The summed E-state index contributed by atoms with van der Waals surface area (Å²) in [7, 11) is 0. The summed E-state index contributed by atoms with van der Waals surface area (Å²) in [6.07, 6.45) is 1.39. The van der Waals surface area contributed by atoms with Gasteiger partial charge in [0.15, 0.2) is 0 Å². The SMILES string of the molecule is N#C/C(=C/Nc1cccc2ccccc12)C(=O)Nc1ccc(O)cc1. The van der Waals surface area contributed by atoms with Gasteiger partial charge in [0.1, 0.15) is 17.4 Å². The van der Waals surface area contributed by atoms with Gasteiger partial charge in [0, 0.05) is 23.0 Å². The lowest BCUT2D eigenvalue weighted by Gasteiger charge is -2.07. The van der Waals surface area contributed by atoms with E-state index in [2.05, 4.69) is 10.6 Å². The van der Waals surface area contributed by atoms with E-state index in [9.17, 15) is 15.2 Å². The van der Waals surface area contributed by atoms with Gasteiger partial charge in [-0.3, -0.25) is 4.79 Å². The number of carbonyl (C=O) groups is 1. The van der Waals surface area contributed by atoms with Crippen LogP contribution in [0.15, 0.2) is 78.5 Å². The zero-order valence-corrected chi connectivity index (χ0v) is 13.2. The average molecular weight is 329 g/mol. The number of fused-ring (bicyclic) bond motifs is 1. The van der Waals surface area contributed by atoms with Crippen LogP contribution in [0.3, 0.4) is 0 Å². The number of rotatable bonds is 4. The third kappa shape index (κ3) is 3.77. The largest absolute Gasteiger partial charge is 0.508 e. The molecule has 0 fully saturated rings. The molecule has 0 radical (unpaired) electrons. The molecule has 0 saturated carbocycles. The van der Waals surface area contributed by atoms with Crippen LogP contribution in [0.2, 0.25) is 0 Å². The molecule has 3 rings (SSSR count). The number of hydrogen-bond acceptors (Lipinski definition) is 4. The van der Waals surface area contributed by atoms with Crippen molar-refractivity contribution in [1.82, 2.24) is 0 Å². The van der Waals surface area contributed by atoms with E-state index < -0.39 is 5.91 Å². The summed E-state index contributed by atoms with van der Waals surface area (Å²) in [5.74, 6) is -0.424. The Morgan fingerprint density at radius 1 is 1.00 bits per heavy atom. The number of nitrogens with zero attached hydrogens (tertiary/aromatic N) is 1. The molecule has 5 nitrogen and oxygen atoms in total. The van der Waals surface area contributed by atoms with Crippen LogP contribution < -0.4 is 10.6 Å². The fourth-order valence-corrected chi connectivity index (χ4v) is 2.39. The average Bonchev–Trinajstić information content (AvgIpc) is 2.64. The van der Waals surface area contributed by atoms with Gasteiger partial charge in [-0.1, -0.05) is 36.4 Å². The van der Waals surface area contributed by atoms with Crippen molar-refractivity contribution in [2.24, 2.45) is 0 Å². The number of nitriles is 1. The molecule has 0 aromatic heterocycles. The quantitative estimate of drug-likeness (QED) is 0.384. The van der Waals surface area contributed by atoms with Crippen LogP contribution in [-0.2, 0) is 4.79 Å². The Kier molecular flexibility index (Phi) is 4.63. The van der Waals surface area contributed by atoms with E-state index in [1.165, 1.54) is 18.3 Å². The minimum Gasteiger partial charge on any atom is -0.508 e. The van der Waals surface area contributed by atoms with E-state index >= 15 is 0 Å². The summed E-state index contributed by atoms with van der Waals surface area (Å²) in [5.41, 5.74) is 1.25. The zero-order valence-electron chi connectivity index (χ0n) is 13.2. The van der Waals surface area contributed by atoms with E-state index in [0.29, 0.717) is 5.69 Å². The van der Waals surface area contributed by atoms with E-state index in [1.807, 2.05) is 48.5 Å². The highest BCUT2D eigenvalue weighted by molar-refractivity contribution is 6.07. The second-order valence-corrected chi connectivity index (χ2v) is 5.34. The Bertz CT molecular complexity index is 980. The zero-order chi connectivity index (χ0) is 17.6. The number of anilines is 2. The summed E-state index contributed by atoms with van der Waals surface area (Å²) in [5, 5.41) is 26.2. The molecule has 5 heteroatoms. The van der Waals surface area contributed by atoms with Crippen molar-refractivity contribution >= 4 is 28.1 Å². The Labute approximate surface area is 144 Å². The van der Waals surface area contributed by atoms with Crippen molar-refractivity contribution in [2.45, 2.75) is 0 Å². The summed E-state index contributed by atoms with van der Waals surface area (Å²) in [4.78, 5) is 12.2. The maximum atomic E-state index is 12.2. The molecule has 0 aliphatic carbocycles. The Morgan fingerprint density at radius 2 is 1.72 bits per heavy atom. The predicted molar refractivity (Wildman–Crippen MR) is 98.0 cm³/mol. The summed E-state index contributed by atoms with van der Waals surface area (Å²) >= 11 is 0. The summed E-state index contributed by atoms with van der Waals surface area (Å²) < 4.78 is 0. The van der Waals surface area contributed by atoms with Gasteiger partial charge in [-0.2, -0.15) is 5.26 Å². The second kappa shape index (κ2) is 7.20. The smallest absolute Gasteiger partial charge is 0.267 e. The number of aromatic hydroxyl groups is 1. The van der Waals surface area contributed by atoms with Gasteiger partial charge in [0.05, 0.1) is 0 Å². The number of benzene rings is 3. The molecule has 122 valence electrons. The third-order valence-electron chi connectivity index (χ3n) is 3.65. The normalized spacial score (nSPS) is 10.9. The molecule has 25 heavy (non-hydrogen) atoms. The summed E-state index contributed by atoms with van der Waals surface area (Å²) in [6.45, 7) is 0. The van der Waals surface area contributed by atoms with E-state index in [0.717, 1.165) is 16.5 Å². The Hall–Kier alpha value is -3.78. The van der Waals surface area contributed by atoms with E-state index in [-0.39, 0.29) is 11.3 Å². The third-order valence-corrected chi connectivity index (χ3v) is 3.65. The number of phenols is 1. The van der Waals surface area contributed by atoms with Crippen LogP contribution >= 0.6 is 0 Å². The molecule has 0 aliphatic rings. The number of nitrogens with one attached hydrogen (secondary N) is 2. The molecule has 1 amide bonds. The van der Waals surface area contributed by atoms with Crippen LogP contribution in [0, 0.1) is 11.3 Å². The highest BCUT2D eigenvalue weighted by atomic mass is 16.3.